The third-order valence-electron chi connectivity index (χ3n) is 2.87. The highest BCUT2D eigenvalue weighted by Gasteiger charge is 2.11. The Morgan fingerprint density at radius 1 is 1.27 bits per heavy atom. The summed E-state index contributed by atoms with van der Waals surface area (Å²) in [5.74, 6) is 0. The van der Waals surface area contributed by atoms with Gasteiger partial charge in [0.25, 0.3) is 0 Å². The SMILES string of the molecule is CCc1c(C)[nH]c(-c2ccccn2)c1C. The van der Waals surface area contributed by atoms with E-state index in [0.29, 0.717) is 0 Å². The number of hydrogen-bond donors (Lipinski definition) is 1. The van der Waals surface area contributed by atoms with Gasteiger partial charge in [-0.2, -0.15) is 0 Å². The highest BCUT2D eigenvalue weighted by atomic mass is 14.8. The van der Waals surface area contributed by atoms with Crippen LogP contribution in [0.4, 0.5) is 0 Å². The van der Waals surface area contributed by atoms with Crippen molar-refractivity contribution in [1.82, 2.24) is 9.97 Å². The first-order chi connectivity index (χ1) is 7.24. The van der Waals surface area contributed by atoms with E-state index in [4.69, 9.17) is 0 Å². The molecule has 0 spiro atoms. The van der Waals surface area contributed by atoms with Crippen LogP contribution >= 0.6 is 0 Å². The van der Waals surface area contributed by atoms with E-state index >= 15 is 0 Å². The normalized spacial score (nSPS) is 10.6. The van der Waals surface area contributed by atoms with Gasteiger partial charge in [0.05, 0.1) is 11.4 Å². The van der Waals surface area contributed by atoms with E-state index in [-0.39, 0.29) is 0 Å². The fourth-order valence-electron chi connectivity index (χ4n) is 2.09. The van der Waals surface area contributed by atoms with Crippen molar-refractivity contribution in [3.8, 4) is 11.4 Å². The number of nitrogens with zero attached hydrogens (tertiary/aromatic N) is 1. The minimum Gasteiger partial charge on any atom is -0.357 e. The van der Waals surface area contributed by atoms with Gasteiger partial charge in [-0.25, -0.2) is 0 Å². The molecule has 15 heavy (non-hydrogen) atoms. The molecule has 2 heterocycles. The lowest BCUT2D eigenvalue weighted by Gasteiger charge is -1.99. The maximum absolute atomic E-state index is 4.37. The maximum atomic E-state index is 4.37. The fraction of sp³-hybridized carbons (Fsp3) is 0.308. The zero-order valence-electron chi connectivity index (χ0n) is 9.46. The standard InChI is InChI=1S/C13H16N2/c1-4-11-9(2)13(15-10(11)3)12-7-5-6-8-14-12/h5-8,15H,4H2,1-3H3. The molecule has 0 bridgehead atoms. The molecular formula is C13H16N2. The molecule has 0 saturated heterocycles. The predicted octanol–water partition coefficient (Wildman–Crippen LogP) is 3.26. The quantitative estimate of drug-likeness (QED) is 0.792. The summed E-state index contributed by atoms with van der Waals surface area (Å²) in [6, 6.07) is 6.00. The number of rotatable bonds is 2. The Morgan fingerprint density at radius 3 is 2.60 bits per heavy atom. The fourth-order valence-corrected chi connectivity index (χ4v) is 2.09. The Bertz CT molecular complexity index is 455. The Labute approximate surface area is 90.4 Å². The molecule has 0 aliphatic heterocycles. The third-order valence-corrected chi connectivity index (χ3v) is 2.87. The number of aromatic amines is 1. The van der Waals surface area contributed by atoms with Crippen LogP contribution in [0, 0.1) is 13.8 Å². The second-order valence-corrected chi connectivity index (χ2v) is 3.80. The van der Waals surface area contributed by atoms with Gasteiger partial charge in [-0.05, 0) is 43.5 Å². The van der Waals surface area contributed by atoms with Crippen LogP contribution in [0.2, 0.25) is 0 Å². The van der Waals surface area contributed by atoms with Crippen molar-refractivity contribution in [2.75, 3.05) is 0 Å². The van der Waals surface area contributed by atoms with Crippen LogP contribution in [0.1, 0.15) is 23.7 Å². The van der Waals surface area contributed by atoms with E-state index < -0.39 is 0 Å². The van der Waals surface area contributed by atoms with Gasteiger partial charge in [0.15, 0.2) is 0 Å². The number of nitrogens with one attached hydrogen (secondary N) is 1. The van der Waals surface area contributed by atoms with Gasteiger partial charge in [-0.1, -0.05) is 13.0 Å². The van der Waals surface area contributed by atoms with E-state index in [0.717, 1.165) is 17.8 Å². The molecule has 2 aromatic heterocycles. The summed E-state index contributed by atoms with van der Waals surface area (Å²) < 4.78 is 0. The largest absolute Gasteiger partial charge is 0.357 e. The summed E-state index contributed by atoms with van der Waals surface area (Å²) in [4.78, 5) is 7.78. The number of aryl methyl sites for hydroxylation is 1. The molecule has 2 rings (SSSR count). The number of hydrogen-bond acceptors (Lipinski definition) is 1. The first kappa shape index (κ1) is 9.97. The molecule has 0 unspecified atom stereocenters. The monoisotopic (exact) mass is 200 g/mol. The molecule has 0 saturated carbocycles. The van der Waals surface area contributed by atoms with E-state index in [9.17, 15) is 0 Å². The molecule has 1 N–H and O–H groups in total. The molecule has 0 aromatic carbocycles. The zero-order valence-corrected chi connectivity index (χ0v) is 9.46. The maximum Gasteiger partial charge on any atom is 0.0867 e. The van der Waals surface area contributed by atoms with Crippen molar-refractivity contribution in [3.05, 3.63) is 41.2 Å². The van der Waals surface area contributed by atoms with Crippen LogP contribution in [0.15, 0.2) is 24.4 Å². The summed E-state index contributed by atoms with van der Waals surface area (Å²) in [5, 5.41) is 0. The second kappa shape index (κ2) is 3.89. The molecule has 0 amide bonds. The number of H-pyrrole nitrogens is 1. The van der Waals surface area contributed by atoms with Gasteiger partial charge in [-0.15, -0.1) is 0 Å². The van der Waals surface area contributed by atoms with Gasteiger partial charge in [0.2, 0.25) is 0 Å². The van der Waals surface area contributed by atoms with Crippen LogP contribution < -0.4 is 0 Å². The molecule has 0 radical (unpaired) electrons. The van der Waals surface area contributed by atoms with E-state index in [1.165, 1.54) is 16.8 Å². The smallest absolute Gasteiger partial charge is 0.0867 e. The topological polar surface area (TPSA) is 28.7 Å². The van der Waals surface area contributed by atoms with Crippen molar-refractivity contribution in [2.24, 2.45) is 0 Å². The lowest BCUT2D eigenvalue weighted by atomic mass is 10.1. The van der Waals surface area contributed by atoms with E-state index in [1.807, 2.05) is 24.4 Å². The summed E-state index contributed by atoms with van der Waals surface area (Å²) in [6.07, 6.45) is 2.90. The summed E-state index contributed by atoms with van der Waals surface area (Å²) in [6.45, 7) is 6.47. The van der Waals surface area contributed by atoms with Crippen molar-refractivity contribution < 1.29 is 0 Å². The average Bonchev–Trinajstić information content (AvgIpc) is 2.55. The molecule has 78 valence electrons. The van der Waals surface area contributed by atoms with Crippen LogP contribution in [-0.4, -0.2) is 9.97 Å². The van der Waals surface area contributed by atoms with Gasteiger partial charge < -0.3 is 4.98 Å². The summed E-state index contributed by atoms with van der Waals surface area (Å²) in [5.41, 5.74) is 6.18. The first-order valence-corrected chi connectivity index (χ1v) is 5.33. The Balaban J connectivity index is 2.55. The van der Waals surface area contributed by atoms with Crippen LogP contribution in [0.3, 0.4) is 0 Å². The number of aromatic nitrogens is 2. The summed E-state index contributed by atoms with van der Waals surface area (Å²) in [7, 11) is 0. The molecule has 0 atom stereocenters. The van der Waals surface area contributed by atoms with Gasteiger partial charge >= 0.3 is 0 Å². The van der Waals surface area contributed by atoms with E-state index in [1.54, 1.807) is 0 Å². The molecule has 0 fully saturated rings. The summed E-state index contributed by atoms with van der Waals surface area (Å²) >= 11 is 0. The van der Waals surface area contributed by atoms with Crippen LogP contribution in [0.25, 0.3) is 11.4 Å². The van der Waals surface area contributed by atoms with Crippen LogP contribution in [0.5, 0.6) is 0 Å². The Kier molecular flexibility index (Phi) is 2.58. The van der Waals surface area contributed by atoms with Crippen LogP contribution in [-0.2, 0) is 6.42 Å². The van der Waals surface area contributed by atoms with Gasteiger partial charge in [0.1, 0.15) is 0 Å². The Hall–Kier alpha value is -1.57. The molecular weight excluding hydrogens is 184 g/mol. The van der Waals surface area contributed by atoms with Crippen molar-refractivity contribution in [2.45, 2.75) is 27.2 Å². The third kappa shape index (κ3) is 1.67. The minimum atomic E-state index is 1.03. The van der Waals surface area contributed by atoms with Gasteiger partial charge in [-0.3, -0.25) is 4.98 Å². The Morgan fingerprint density at radius 2 is 2.07 bits per heavy atom. The minimum absolute atomic E-state index is 1.03. The predicted molar refractivity (Wildman–Crippen MR) is 62.9 cm³/mol. The van der Waals surface area contributed by atoms with Crippen molar-refractivity contribution in [3.63, 3.8) is 0 Å². The lowest BCUT2D eigenvalue weighted by Crippen LogP contribution is -1.85. The molecule has 2 aromatic rings. The van der Waals surface area contributed by atoms with E-state index in [2.05, 4.69) is 30.7 Å². The average molecular weight is 200 g/mol. The molecule has 2 nitrogen and oxygen atoms in total. The van der Waals surface area contributed by atoms with Crippen molar-refractivity contribution in [1.29, 1.82) is 0 Å². The highest BCUT2D eigenvalue weighted by molar-refractivity contribution is 5.62. The van der Waals surface area contributed by atoms with Gasteiger partial charge in [0, 0.05) is 11.9 Å². The molecule has 0 aliphatic carbocycles. The number of pyridine rings is 1. The zero-order chi connectivity index (χ0) is 10.8. The molecule has 0 aliphatic rings. The van der Waals surface area contributed by atoms with Crippen molar-refractivity contribution >= 4 is 0 Å². The lowest BCUT2D eigenvalue weighted by molar-refractivity contribution is 1.08. The second-order valence-electron chi connectivity index (χ2n) is 3.80. The first-order valence-electron chi connectivity index (χ1n) is 5.33. The highest BCUT2D eigenvalue weighted by Crippen LogP contribution is 2.25. The molecule has 2 heteroatoms.